The Balaban J connectivity index is 1.28. The van der Waals surface area contributed by atoms with Gasteiger partial charge in [-0.25, -0.2) is 8.42 Å². The molecule has 0 aromatic heterocycles. The van der Waals surface area contributed by atoms with Crippen molar-refractivity contribution in [1.29, 1.82) is 0 Å². The second-order valence-corrected chi connectivity index (χ2v) is 9.74. The minimum Gasteiger partial charge on any atom is -0.491 e. The van der Waals surface area contributed by atoms with Crippen molar-refractivity contribution in [3.63, 3.8) is 0 Å². The summed E-state index contributed by atoms with van der Waals surface area (Å²) in [6.45, 7) is 2.57. The number of amides is 1. The predicted molar refractivity (Wildman–Crippen MR) is 123 cm³/mol. The fraction of sp³-hybridized carbons (Fsp3) is 0.375. The zero-order valence-electron chi connectivity index (χ0n) is 17.9. The first-order chi connectivity index (χ1) is 15.5. The van der Waals surface area contributed by atoms with Gasteiger partial charge < -0.3 is 14.4 Å². The van der Waals surface area contributed by atoms with Crippen molar-refractivity contribution >= 4 is 22.0 Å². The fourth-order valence-electron chi connectivity index (χ4n) is 3.80. The van der Waals surface area contributed by atoms with Crippen LogP contribution in [0.15, 0.2) is 60.0 Å². The normalized spacial score (nSPS) is 20.0. The van der Waals surface area contributed by atoms with Gasteiger partial charge in [0.1, 0.15) is 12.4 Å². The molecule has 0 N–H and O–H groups in total. The van der Waals surface area contributed by atoms with E-state index >= 15 is 0 Å². The van der Waals surface area contributed by atoms with E-state index in [1.807, 2.05) is 30.3 Å². The Hall–Kier alpha value is -2.68. The van der Waals surface area contributed by atoms with Gasteiger partial charge in [-0.05, 0) is 48.7 Å². The number of sulfonamides is 1. The maximum atomic E-state index is 12.8. The van der Waals surface area contributed by atoms with Gasteiger partial charge in [-0.15, -0.1) is 0 Å². The molecule has 2 aliphatic heterocycles. The van der Waals surface area contributed by atoms with Crippen LogP contribution < -0.4 is 4.74 Å². The quantitative estimate of drug-likeness (QED) is 0.640. The lowest BCUT2D eigenvalue weighted by Crippen LogP contribution is -2.50. The van der Waals surface area contributed by atoms with Crippen molar-refractivity contribution in [2.45, 2.75) is 18.9 Å². The Kier molecular flexibility index (Phi) is 7.24. The van der Waals surface area contributed by atoms with Crippen LogP contribution in [0.5, 0.6) is 5.75 Å². The van der Waals surface area contributed by atoms with E-state index in [9.17, 15) is 13.2 Å². The summed E-state index contributed by atoms with van der Waals surface area (Å²) in [7, 11) is -3.53. The van der Waals surface area contributed by atoms with Crippen molar-refractivity contribution < 1.29 is 22.7 Å². The van der Waals surface area contributed by atoms with Gasteiger partial charge in [0.25, 0.3) is 5.91 Å². The van der Waals surface area contributed by atoms with E-state index in [2.05, 4.69) is 0 Å². The molecule has 0 radical (unpaired) electrons. The molecule has 0 saturated carbocycles. The monoisotopic (exact) mass is 456 g/mol. The number of hydrogen-bond acceptors (Lipinski definition) is 5. The molecular weight excluding hydrogens is 428 g/mol. The van der Waals surface area contributed by atoms with Gasteiger partial charge in [-0.3, -0.25) is 4.79 Å². The zero-order valence-corrected chi connectivity index (χ0v) is 18.7. The highest BCUT2D eigenvalue weighted by Gasteiger charge is 2.28. The molecule has 1 amide bonds. The van der Waals surface area contributed by atoms with Crippen LogP contribution in [0.4, 0.5) is 0 Å². The highest BCUT2D eigenvalue weighted by atomic mass is 32.2. The van der Waals surface area contributed by atoms with Gasteiger partial charge in [-0.1, -0.05) is 30.3 Å². The highest BCUT2D eigenvalue weighted by Crippen LogP contribution is 2.18. The molecule has 1 atom stereocenters. The third-order valence-corrected chi connectivity index (χ3v) is 7.24. The third-order valence-electron chi connectivity index (χ3n) is 5.68. The Morgan fingerprint density at radius 3 is 2.41 bits per heavy atom. The zero-order chi connectivity index (χ0) is 22.4. The van der Waals surface area contributed by atoms with Crippen LogP contribution in [0.3, 0.4) is 0 Å². The summed E-state index contributed by atoms with van der Waals surface area (Å²) in [5.74, 6) is 0.603. The van der Waals surface area contributed by atoms with E-state index in [1.54, 1.807) is 35.2 Å². The van der Waals surface area contributed by atoms with E-state index in [0.29, 0.717) is 31.0 Å². The lowest BCUT2D eigenvalue weighted by Gasteiger charge is -2.33. The van der Waals surface area contributed by atoms with Crippen LogP contribution in [0, 0.1) is 0 Å². The summed E-state index contributed by atoms with van der Waals surface area (Å²) in [4.78, 5) is 14.5. The first kappa shape index (κ1) is 22.5. The molecule has 4 rings (SSSR count). The molecule has 2 fully saturated rings. The number of benzene rings is 2. The van der Waals surface area contributed by atoms with Gasteiger partial charge in [-0.2, -0.15) is 4.31 Å². The van der Waals surface area contributed by atoms with Crippen LogP contribution in [-0.2, 0) is 14.8 Å². The molecule has 7 nitrogen and oxygen atoms in total. The first-order valence-corrected chi connectivity index (χ1v) is 12.4. The molecular formula is C24H28N2O5S. The number of piperazine rings is 1. The molecule has 2 heterocycles. The number of ether oxygens (including phenoxy) is 2. The van der Waals surface area contributed by atoms with E-state index in [-0.39, 0.29) is 25.1 Å². The lowest BCUT2D eigenvalue weighted by atomic mass is 10.2. The second-order valence-electron chi connectivity index (χ2n) is 7.92. The molecule has 2 aromatic carbocycles. The van der Waals surface area contributed by atoms with Crippen molar-refractivity contribution in [2.75, 3.05) is 39.4 Å². The lowest BCUT2D eigenvalue weighted by molar-refractivity contribution is 0.0676. The molecule has 8 heteroatoms. The van der Waals surface area contributed by atoms with E-state index in [0.717, 1.165) is 25.0 Å². The Labute approximate surface area is 189 Å². The van der Waals surface area contributed by atoms with Crippen LogP contribution in [0.25, 0.3) is 6.08 Å². The molecule has 1 unspecified atom stereocenters. The maximum Gasteiger partial charge on any atom is 0.253 e. The summed E-state index contributed by atoms with van der Waals surface area (Å²) >= 11 is 0. The van der Waals surface area contributed by atoms with E-state index < -0.39 is 10.0 Å². The number of carbonyl (C=O) groups excluding carboxylic acids is 1. The molecule has 2 aliphatic rings. The van der Waals surface area contributed by atoms with Crippen molar-refractivity contribution in [3.05, 3.63) is 71.1 Å². The average Bonchev–Trinajstić information content (AvgIpc) is 3.36. The molecule has 0 aliphatic carbocycles. The Morgan fingerprint density at radius 2 is 1.75 bits per heavy atom. The molecule has 2 saturated heterocycles. The number of hydrogen-bond donors (Lipinski definition) is 0. The van der Waals surface area contributed by atoms with Gasteiger partial charge in [0.05, 0.1) is 6.10 Å². The average molecular weight is 457 g/mol. The summed E-state index contributed by atoms with van der Waals surface area (Å²) < 4.78 is 37.9. The van der Waals surface area contributed by atoms with Crippen LogP contribution in [0.1, 0.15) is 28.8 Å². The summed E-state index contributed by atoms with van der Waals surface area (Å²) in [5, 5.41) is 1.23. The molecule has 170 valence electrons. The fourth-order valence-corrected chi connectivity index (χ4v) is 4.98. The number of nitrogens with zero attached hydrogens (tertiary/aromatic N) is 2. The number of carbonyl (C=O) groups is 1. The van der Waals surface area contributed by atoms with Gasteiger partial charge >= 0.3 is 0 Å². The van der Waals surface area contributed by atoms with Gasteiger partial charge in [0, 0.05) is 43.8 Å². The smallest absolute Gasteiger partial charge is 0.253 e. The van der Waals surface area contributed by atoms with Crippen LogP contribution in [0.2, 0.25) is 0 Å². The molecule has 0 bridgehead atoms. The topological polar surface area (TPSA) is 76.2 Å². The standard InChI is InChI=1S/C24H28N2O5S/c27-24(21-8-10-22(11-9-21)31-19-23-7-4-17-30-23)25-13-15-26(16-14-25)32(28,29)18-12-20-5-2-1-3-6-20/h1-3,5-6,8-12,18,23H,4,7,13-17,19H2/b18-12+. The van der Waals surface area contributed by atoms with E-state index in [1.165, 1.54) is 9.71 Å². The number of rotatable bonds is 7. The third kappa shape index (κ3) is 5.76. The summed E-state index contributed by atoms with van der Waals surface area (Å²) in [5.41, 5.74) is 1.39. The van der Waals surface area contributed by atoms with Crippen molar-refractivity contribution in [3.8, 4) is 5.75 Å². The van der Waals surface area contributed by atoms with Gasteiger partial charge in [0.15, 0.2) is 0 Å². The van der Waals surface area contributed by atoms with Crippen LogP contribution >= 0.6 is 0 Å². The predicted octanol–water partition coefficient (Wildman–Crippen LogP) is 3.00. The first-order valence-electron chi connectivity index (χ1n) is 10.9. The van der Waals surface area contributed by atoms with Crippen molar-refractivity contribution in [1.82, 2.24) is 9.21 Å². The molecule has 32 heavy (non-hydrogen) atoms. The summed E-state index contributed by atoms with van der Waals surface area (Å²) in [6, 6.07) is 16.4. The molecule has 2 aromatic rings. The Morgan fingerprint density at radius 1 is 1.03 bits per heavy atom. The highest BCUT2D eigenvalue weighted by molar-refractivity contribution is 7.92. The molecule has 0 spiro atoms. The van der Waals surface area contributed by atoms with Gasteiger partial charge in [0.2, 0.25) is 10.0 Å². The van der Waals surface area contributed by atoms with Crippen LogP contribution in [-0.4, -0.2) is 69.0 Å². The SMILES string of the molecule is O=C(c1ccc(OCC2CCCO2)cc1)N1CCN(S(=O)(=O)/C=C/c2ccccc2)CC1. The summed E-state index contributed by atoms with van der Waals surface area (Å²) in [6.07, 6.45) is 3.82. The Bertz CT molecular complexity index is 1020. The minimum atomic E-state index is -3.53. The largest absolute Gasteiger partial charge is 0.491 e. The van der Waals surface area contributed by atoms with E-state index in [4.69, 9.17) is 9.47 Å². The van der Waals surface area contributed by atoms with Crippen molar-refractivity contribution in [2.24, 2.45) is 0 Å². The maximum absolute atomic E-state index is 12.8. The second kappa shape index (κ2) is 10.3. The minimum absolute atomic E-state index is 0.104.